The van der Waals surface area contributed by atoms with Crippen molar-refractivity contribution >= 4 is 29.3 Å². The highest BCUT2D eigenvalue weighted by Gasteiger charge is 2.17. The molecule has 0 unspecified atom stereocenters. The van der Waals surface area contributed by atoms with Crippen LogP contribution in [0.2, 0.25) is 5.02 Å². The number of rotatable bonds is 9. The predicted molar refractivity (Wildman–Crippen MR) is 102 cm³/mol. The van der Waals surface area contributed by atoms with Crippen molar-refractivity contribution < 1.29 is 13.9 Å². The van der Waals surface area contributed by atoms with E-state index in [9.17, 15) is 9.18 Å². The molecule has 2 aromatic carbocycles. The third-order valence-electron chi connectivity index (χ3n) is 3.54. The lowest BCUT2D eigenvalue weighted by molar-refractivity contribution is -0.127. The second kappa shape index (κ2) is 10.3. The average molecular weight is 382 g/mol. The molecule has 0 fully saturated rings. The van der Waals surface area contributed by atoms with E-state index in [4.69, 9.17) is 16.3 Å². The third-order valence-corrected chi connectivity index (χ3v) is 4.88. The molecule has 3 nitrogen and oxygen atoms in total. The minimum atomic E-state index is -0.520. The maximum atomic E-state index is 13.7. The molecule has 0 aliphatic heterocycles. The van der Waals surface area contributed by atoms with E-state index in [0.29, 0.717) is 40.8 Å². The number of halogens is 2. The highest BCUT2D eigenvalue weighted by Crippen LogP contribution is 2.23. The number of thioether (sulfide) groups is 1. The summed E-state index contributed by atoms with van der Waals surface area (Å²) in [6.45, 7) is 2.40. The summed E-state index contributed by atoms with van der Waals surface area (Å²) in [5.41, 5.74) is 0.499. The van der Waals surface area contributed by atoms with E-state index in [0.717, 1.165) is 0 Å². The van der Waals surface area contributed by atoms with Gasteiger partial charge >= 0.3 is 0 Å². The minimum Gasteiger partial charge on any atom is -0.481 e. The summed E-state index contributed by atoms with van der Waals surface area (Å²) in [4.78, 5) is 12.2. The largest absolute Gasteiger partial charge is 0.481 e. The van der Waals surface area contributed by atoms with Gasteiger partial charge in [-0.2, -0.15) is 11.8 Å². The second-order valence-electron chi connectivity index (χ2n) is 5.37. The van der Waals surface area contributed by atoms with Crippen LogP contribution in [0.25, 0.3) is 0 Å². The Morgan fingerprint density at radius 1 is 1.24 bits per heavy atom. The van der Waals surface area contributed by atoms with E-state index in [1.807, 2.05) is 37.3 Å². The van der Waals surface area contributed by atoms with Gasteiger partial charge in [0.2, 0.25) is 0 Å². The van der Waals surface area contributed by atoms with Gasteiger partial charge in [-0.3, -0.25) is 4.79 Å². The van der Waals surface area contributed by atoms with Crippen LogP contribution in [0.3, 0.4) is 0 Å². The lowest BCUT2D eigenvalue weighted by Crippen LogP contribution is -2.39. The Morgan fingerprint density at radius 2 is 2.00 bits per heavy atom. The number of hydrogen-bond acceptors (Lipinski definition) is 3. The molecule has 0 aliphatic rings. The quantitative estimate of drug-likeness (QED) is 0.640. The SMILES string of the molecule is CC[C@@H](Oc1ccccc1)C(=O)NCCSCc1c(F)cccc1Cl. The Kier molecular flexibility index (Phi) is 8.09. The molecule has 0 aromatic heterocycles. The van der Waals surface area contributed by atoms with Crippen LogP contribution in [0, 0.1) is 5.82 Å². The number of nitrogens with one attached hydrogen (secondary N) is 1. The standard InChI is InChI=1S/C19H21ClFNO2S/c1-2-18(24-14-7-4-3-5-8-14)19(23)22-11-12-25-13-15-16(20)9-6-10-17(15)21/h3-10,18H,2,11-13H2,1H3,(H,22,23)/t18-/m1/s1. The number of carbonyl (C=O) groups excluding carboxylic acids is 1. The summed E-state index contributed by atoms with van der Waals surface area (Å²) in [7, 11) is 0. The number of hydrogen-bond donors (Lipinski definition) is 1. The van der Waals surface area contributed by atoms with E-state index >= 15 is 0 Å². The molecular formula is C19H21ClFNO2S. The molecule has 2 aromatic rings. The van der Waals surface area contributed by atoms with Crippen LogP contribution in [0.15, 0.2) is 48.5 Å². The fourth-order valence-corrected chi connectivity index (χ4v) is 3.39. The summed E-state index contributed by atoms with van der Waals surface area (Å²) < 4.78 is 19.4. The van der Waals surface area contributed by atoms with Crippen LogP contribution in [-0.4, -0.2) is 24.3 Å². The zero-order valence-electron chi connectivity index (χ0n) is 14.0. The number of para-hydroxylation sites is 1. The number of amides is 1. The lowest BCUT2D eigenvalue weighted by atomic mass is 10.2. The summed E-state index contributed by atoms with van der Waals surface area (Å²) in [6, 6.07) is 13.9. The van der Waals surface area contributed by atoms with Crippen LogP contribution in [-0.2, 0) is 10.5 Å². The van der Waals surface area contributed by atoms with E-state index in [-0.39, 0.29) is 11.7 Å². The first-order valence-electron chi connectivity index (χ1n) is 8.12. The van der Waals surface area contributed by atoms with Crippen molar-refractivity contribution in [1.82, 2.24) is 5.32 Å². The normalized spacial score (nSPS) is 11.8. The zero-order valence-corrected chi connectivity index (χ0v) is 15.6. The van der Waals surface area contributed by atoms with Crippen molar-refractivity contribution in [3.8, 4) is 5.75 Å². The molecule has 2 rings (SSSR count). The molecule has 0 aliphatic carbocycles. The maximum Gasteiger partial charge on any atom is 0.261 e. The molecule has 1 N–H and O–H groups in total. The Hall–Kier alpha value is -1.72. The minimum absolute atomic E-state index is 0.143. The van der Waals surface area contributed by atoms with Gasteiger partial charge in [0.15, 0.2) is 6.10 Å². The first-order valence-corrected chi connectivity index (χ1v) is 9.65. The topological polar surface area (TPSA) is 38.3 Å². The van der Waals surface area contributed by atoms with E-state index < -0.39 is 6.10 Å². The summed E-state index contributed by atoms with van der Waals surface area (Å²) in [5, 5.41) is 3.29. The van der Waals surface area contributed by atoms with Gasteiger partial charge in [0.25, 0.3) is 5.91 Å². The molecule has 0 saturated heterocycles. The van der Waals surface area contributed by atoms with Crippen LogP contribution < -0.4 is 10.1 Å². The molecular weight excluding hydrogens is 361 g/mol. The Bertz CT molecular complexity index is 664. The van der Waals surface area contributed by atoms with Gasteiger partial charge in [-0.15, -0.1) is 0 Å². The third kappa shape index (κ3) is 6.25. The van der Waals surface area contributed by atoms with Crippen molar-refractivity contribution in [2.45, 2.75) is 25.2 Å². The molecule has 1 amide bonds. The molecule has 1 atom stereocenters. The monoisotopic (exact) mass is 381 g/mol. The first-order chi connectivity index (χ1) is 12.1. The van der Waals surface area contributed by atoms with E-state index in [2.05, 4.69) is 5.32 Å². The fraction of sp³-hybridized carbons (Fsp3) is 0.316. The second-order valence-corrected chi connectivity index (χ2v) is 6.88. The van der Waals surface area contributed by atoms with Gasteiger partial charge in [0, 0.05) is 28.6 Å². The first kappa shape index (κ1) is 19.6. The molecule has 0 heterocycles. The van der Waals surface area contributed by atoms with Crippen molar-refractivity contribution in [2.75, 3.05) is 12.3 Å². The molecule has 0 spiro atoms. The summed E-state index contributed by atoms with van der Waals surface area (Å²) in [5.74, 6) is 1.37. The molecule has 134 valence electrons. The van der Waals surface area contributed by atoms with Gasteiger partial charge in [-0.05, 0) is 30.7 Å². The Morgan fingerprint density at radius 3 is 2.68 bits per heavy atom. The zero-order chi connectivity index (χ0) is 18.1. The smallest absolute Gasteiger partial charge is 0.261 e. The van der Waals surface area contributed by atoms with Gasteiger partial charge in [-0.25, -0.2) is 4.39 Å². The molecule has 0 radical (unpaired) electrons. The highest BCUT2D eigenvalue weighted by molar-refractivity contribution is 7.98. The van der Waals surface area contributed by atoms with Crippen molar-refractivity contribution in [2.24, 2.45) is 0 Å². The van der Waals surface area contributed by atoms with Crippen molar-refractivity contribution in [1.29, 1.82) is 0 Å². The number of carbonyl (C=O) groups is 1. The number of ether oxygens (including phenoxy) is 1. The number of benzene rings is 2. The van der Waals surface area contributed by atoms with Crippen molar-refractivity contribution in [3.05, 3.63) is 64.9 Å². The predicted octanol–water partition coefficient (Wildman–Crippen LogP) is 4.69. The highest BCUT2D eigenvalue weighted by atomic mass is 35.5. The van der Waals surface area contributed by atoms with Crippen LogP contribution in [0.1, 0.15) is 18.9 Å². The van der Waals surface area contributed by atoms with Gasteiger partial charge < -0.3 is 10.1 Å². The maximum absolute atomic E-state index is 13.7. The van der Waals surface area contributed by atoms with Crippen molar-refractivity contribution in [3.63, 3.8) is 0 Å². The Labute approximate surface area is 156 Å². The van der Waals surface area contributed by atoms with Gasteiger partial charge in [0.1, 0.15) is 11.6 Å². The summed E-state index contributed by atoms with van der Waals surface area (Å²) in [6.07, 6.45) is 0.0621. The average Bonchev–Trinajstić information content (AvgIpc) is 2.62. The lowest BCUT2D eigenvalue weighted by Gasteiger charge is -2.17. The van der Waals surface area contributed by atoms with Crippen LogP contribution >= 0.6 is 23.4 Å². The Balaban J connectivity index is 1.72. The van der Waals surface area contributed by atoms with Crippen LogP contribution in [0.5, 0.6) is 5.75 Å². The molecule has 25 heavy (non-hydrogen) atoms. The fourth-order valence-electron chi connectivity index (χ4n) is 2.19. The summed E-state index contributed by atoms with van der Waals surface area (Å²) >= 11 is 7.51. The van der Waals surface area contributed by atoms with Gasteiger partial charge in [-0.1, -0.05) is 42.8 Å². The molecule has 0 saturated carbocycles. The molecule has 6 heteroatoms. The molecule has 0 bridgehead atoms. The van der Waals surface area contributed by atoms with Crippen LogP contribution in [0.4, 0.5) is 4.39 Å². The van der Waals surface area contributed by atoms with E-state index in [1.54, 1.807) is 12.1 Å². The van der Waals surface area contributed by atoms with Gasteiger partial charge in [0.05, 0.1) is 0 Å². The van der Waals surface area contributed by atoms with E-state index in [1.165, 1.54) is 17.8 Å².